The number of nitriles is 1. The van der Waals surface area contributed by atoms with Gasteiger partial charge in [-0.15, -0.1) is 0 Å². The molecule has 2 aromatic carbocycles. The lowest BCUT2D eigenvalue weighted by atomic mass is 10.2. The lowest BCUT2D eigenvalue weighted by Gasteiger charge is -2.09. The number of hydrogen-bond donors (Lipinski definition) is 1. The maximum atomic E-state index is 14.0. The van der Waals surface area contributed by atoms with Crippen molar-refractivity contribution in [3.05, 3.63) is 59.2 Å². The molecule has 0 aromatic heterocycles. The fourth-order valence-electron chi connectivity index (χ4n) is 1.73. The number of sulfonamides is 1. The van der Waals surface area contributed by atoms with Gasteiger partial charge in [0.25, 0.3) is 5.91 Å². The van der Waals surface area contributed by atoms with Crippen molar-refractivity contribution in [1.82, 2.24) is 4.72 Å². The summed E-state index contributed by atoms with van der Waals surface area (Å²) in [6.07, 6.45) is 0.710. The minimum Gasteiger partial charge on any atom is -0.454 e. The number of carbonyl (C=O) groups is 1. The average Bonchev–Trinajstić information content (AvgIpc) is 2.49. The zero-order valence-electron chi connectivity index (χ0n) is 12.2. The van der Waals surface area contributed by atoms with Gasteiger partial charge >= 0.3 is 0 Å². The number of hydrogen-bond acceptors (Lipinski definition) is 5. The van der Waals surface area contributed by atoms with Crippen molar-refractivity contribution in [2.45, 2.75) is 0 Å². The van der Waals surface area contributed by atoms with Crippen LogP contribution in [0, 0.1) is 23.0 Å². The third-order valence-electron chi connectivity index (χ3n) is 2.76. The van der Waals surface area contributed by atoms with E-state index in [9.17, 15) is 22.0 Å². The molecule has 0 atom stereocenters. The van der Waals surface area contributed by atoms with E-state index in [4.69, 9.17) is 10.00 Å². The van der Waals surface area contributed by atoms with E-state index in [-0.39, 0.29) is 5.75 Å². The largest absolute Gasteiger partial charge is 0.454 e. The minimum atomic E-state index is -3.91. The monoisotopic (exact) mass is 352 g/mol. The van der Waals surface area contributed by atoms with Crippen molar-refractivity contribution in [3.63, 3.8) is 0 Å². The van der Waals surface area contributed by atoms with Crippen molar-refractivity contribution in [3.8, 4) is 17.6 Å². The second kappa shape index (κ2) is 6.64. The Hall–Kier alpha value is -2.99. The molecule has 2 aromatic rings. The van der Waals surface area contributed by atoms with E-state index in [2.05, 4.69) is 0 Å². The highest BCUT2D eigenvalue weighted by Crippen LogP contribution is 2.27. The molecule has 0 radical (unpaired) electrons. The van der Waals surface area contributed by atoms with Crippen molar-refractivity contribution in [1.29, 1.82) is 5.26 Å². The van der Waals surface area contributed by atoms with Crippen molar-refractivity contribution < 1.29 is 26.7 Å². The molecular formula is C15H10F2N2O4S. The number of nitrogens with one attached hydrogen (secondary N) is 1. The van der Waals surface area contributed by atoms with E-state index < -0.39 is 38.9 Å². The van der Waals surface area contributed by atoms with Gasteiger partial charge in [0, 0.05) is 6.07 Å². The maximum absolute atomic E-state index is 14.0. The number of ether oxygens (including phenoxy) is 1. The lowest BCUT2D eigenvalue weighted by molar-refractivity contribution is 0.0977. The average molecular weight is 352 g/mol. The molecule has 0 heterocycles. The molecule has 0 aliphatic carbocycles. The van der Waals surface area contributed by atoms with Gasteiger partial charge in [0.2, 0.25) is 10.0 Å². The van der Waals surface area contributed by atoms with E-state index in [0.29, 0.717) is 24.0 Å². The zero-order valence-corrected chi connectivity index (χ0v) is 13.0. The van der Waals surface area contributed by atoms with E-state index >= 15 is 0 Å². The Balaban J connectivity index is 2.29. The van der Waals surface area contributed by atoms with Crippen LogP contribution in [0.3, 0.4) is 0 Å². The highest BCUT2D eigenvalue weighted by molar-refractivity contribution is 7.89. The molecule has 0 unspecified atom stereocenters. The van der Waals surface area contributed by atoms with Crippen LogP contribution in [0.1, 0.15) is 15.9 Å². The molecule has 0 saturated carbocycles. The van der Waals surface area contributed by atoms with Gasteiger partial charge in [0.15, 0.2) is 11.6 Å². The topological polar surface area (TPSA) is 96.3 Å². The number of halogens is 2. The predicted octanol–water partition coefficient (Wildman–Crippen LogP) is 2.32. The molecule has 6 nitrogen and oxygen atoms in total. The molecule has 124 valence electrons. The first-order valence-electron chi connectivity index (χ1n) is 6.39. The lowest BCUT2D eigenvalue weighted by Crippen LogP contribution is -2.30. The van der Waals surface area contributed by atoms with Crippen LogP contribution in [0.4, 0.5) is 8.78 Å². The van der Waals surface area contributed by atoms with Gasteiger partial charge in [-0.3, -0.25) is 4.79 Å². The normalized spacial score (nSPS) is 10.8. The number of benzene rings is 2. The van der Waals surface area contributed by atoms with E-state index in [1.807, 2.05) is 6.07 Å². The summed E-state index contributed by atoms with van der Waals surface area (Å²) in [5, 5.41) is 8.68. The van der Waals surface area contributed by atoms with Gasteiger partial charge in [0.05, 0.1) is 23.5 Å². The molecule has 1 N–H and O–H groups in total. The summed E-state index contributed by atoms with van der Waals surface area (Å²) >= 11 is 0. The molecule has 0 fully saturated rings. The molecular weight excluding hydrogens is 342 g/mol. The molecule has 0 aliphatic heterocycles. The van der Waals surface area contributed by atoms with Gasteiger partial charge in [0.1, 0.15) is 11.6 Å². The summed E-state index contributed by atoms with van der Waals surface area (Å²) in [5.41, 5.74) is -0.410. The van der Waals surface area contributed by atoms with Crippen LogP contribution in [0.5, 0.6) is 11.5 Å². The highest BCUT2D eigenvalue weighted by atomic mass is 32.2. The van der Waals surface area contributed by atoms with E-state index in [1.54, 1.807) is 4.72 Å². The Morgan fingerprint density at radius 1 is 1.17 bits per heavy atom. The van der Waals surface area contributed by atoms with Crippen molar-refractivity contribution >= 4 is 15.9 Å². The SMILES string of the molecule is CS(=O)(=O)NC(=O)c1cc(F)c(Oc2ccc(C#N)cc2)cc1F. The Bertz CT molecular complexity index is 935. The Kier molecular flexibility index (Phi) is 4.80. The Morgan fingerprint density at radius 3 is 2.33 bits per heavy atom. The van der Waals surface area contributed by atoms with Crippen LogP contribution in [0.25, 0.3) is 0 Å². The summed E-state index contributed by atoms with van der Waals surface area (Å²) in [6, 6.07) is 8.69. The van der Waals surface area contributed by atoms with Gasteiger partial charge in [-0.2, -0.15) is 5.26 Å². The van der Waals surface area contributed by atoms with Crippen LogP contribution < -0.4 is 9.46 Å². The van der Waals surface area contributed by atoms with E-state index in [0.717, 1.165) is 0 Å². The van der Waals surface area contributed by atoms with Crippen LogP contribution >= 0.6 is 0 Å². The summed E-state index contributed by atoms with van der Waals surface area (Å²) < 4.78 is 56.6. The molecule has 24 heavy (non-hydrogen) atoms. The minimum absolute atomic E-state index is 0.153. The molecule has 2 rings (SSSR count). The Labute approximate surface area is 136 Å². The highest BCUT2D eigenvalue weighted by Gasteiger charge is 2.19. The molecule has 0 saturated heterocycles. The number of nitrogens with zero attached hydrogens (tertiary/aromatic N) is 1. The Morgan fingerprint density at radius 2 is 1.79 bits per heavy atom. The van der Waals surface area contributed by atoms with Gasteiger partial charge < -0.3 is 4.74 Å². The zero-order chi connectivity index (χ0) is 17.9. The molecule has 0 spiro atoms. The second-order valence-electron chi connectivity index (χ2n) is 4.70. The van der Waals surface area contributed by atoms with E-state index in [1.165, 1.54) is 24.3 Å². The molecule has 9 heteroatoms. The standard InChI is InChI=1S/C15H10F2N2O4S/c1-24(21,22)19-15(20)11-6-13(17)14(7-12(11)16)23-10-4-2-9(8-18)3-5-10/h2-7H,1H3,(H,19,20). The fourth-order valence-corrected chi connectivity index (χ4v) is 2.18. The van der Waals surface area contributed by atoms with Crippen LogP contribution in [0.2, 0.25) is 0 Å². The molecule has 0 bridgehead atoms. The fraction of sp³-hybridized carbons (Fsp3) is 0.0667. The first-order valence-corrected chi connectivity index (χ1v) is 8.28. The molecule has 1 amide bonds. The number of rotatable bonds is 4. The quantitative estimate of drug-likeness (QED) is 0.911. The van der Waals surface area contributed by atoms with Gasteiger partial charge in [-0.05, 0) is 30.3 Å². The summed E-state index contributed by atoms with van der Waals surface area (Å²) in [6.45, 7) is 0. The van der Waals surface area contributed by atoms with Gasteiger partial charge in [-0.1, -0.05) is 0 Å². The number of carbonyl (C=O) groups excluding carboxylic acids is 1. The van der Waals surface area contributed by atoms with Crippen molar-refractivity contribution in [2.24, 2.45) is 0 Å². The first kappa shape index (κ1) is 17.4. The summed E-state index contributed by atoms with van der Waals surface area (Å²) in [7, 11) is -3.91. The van der Waals surface area contributed by atoms with Gasteiger partial charge in [-0.25, -0.2) is 21.9 Å². The maximum Gasteiger partial charge on any atom is 0.267 e. The smallest absolute Gasteiger partial charge is 0.267 e. The van der Waals surface area contributed by atoms with Crippen LogP contribution in [-0.4, -0.2) is 20.6 Å². The van der Waals surface area contributed by atoms with Crippen molar-refractivity contribution in [2.75, 3.05) is 6.26 Å². The molecule has 0 aliphatic rings. The first-order chi connectivity index (χ1) is 11.2. The second-order valence-corrected chi connectivity index (χ2v) is 6.45. The number of amides is 1. The third kappa shape index (κ3) is 4.27. The summed E-state index contributed by atoms with van der Waals surface area (Å²) in [4.78, 5) is 11.6. The predicted molar refractivity (Wildman–Crippen MR) is 79.9 cm³/mol. The third-order valence-corrected chi connectivity index (χ3v) is 3.31. The van der Waals surface area contributed by atoms with Crippen LogP contribution in [-0.2, 0) is 10.0 Å². The summed E-state index contributed by atoms with van der Waals surface area (Å²) in [5.74, 6) is -3.84. The van der Waals surface area contributed by atoms with Crippen LogP contribution in [0.15, 0.2) is 36.4 Å².